The Hall–Kier alpha value is -1.89. The molecule has 2 fully saturated rings. The van der Waals surface area contributed by atoms with Gasteiger partial charge >= 0.3 is 0 Å². The summed E-state index contributed by atoms with van der Waals surface area (Å²) in [6, 6.07) is -0.0566. The summed E-state index contributed by atoms with van der Waals surface area (Å²) < 4.78 is 10.6. The number of aromatic nitrogens is 1. The minimum Gasteiger partial charge on any atom is -0.371 e. The summed E-state index contributed by atoms with van der Waals surface area (Å²) in [5.74, 6) is 0.730. The maximum atomic E-state index is 12.8. The Morgan fingerprint density at radius 1 is 1.33 bits per heavy atom. The maximum absolute atomic E-state index is 12.8. The van der Waals surface area contributed by atoms with Crippen molar-refractivity contribution < 1.29 is 18.8 Å². The van der Waals surface area contributed by atoms with Crippen molar-refractivity contribution in [1.29, 1.82) is 0 Å². The zero-order valence-corrected chi connectivity index (χ0v) is 16.6. The summed E-state index contributed by atoms with van der Waals surface area (Å²) >= 11 is 0. The second-order valence-electron chi connectivity index (χ2n) is 8.30. The molecule has 3 rings (SSSR count). The number of carbonyl (C=O) groups excluding carboxylic acids is 2. The number of amides is 2. The van der Waals surface area contributed by atoms with E-state index < -0.39 is 0 Å². The van der Waals surface area contributed by atoms with Gasteiger partial charge in [-0.15, -0.1) is 0 Å². The first-order valence-electron chi connectivity index (χ1n) is 10.1. The van der Waals surface area contributed by atoms with E-state index >= 15 is 0 Å². The number of hydrogen-bond acceptors (Lipinski definition) is 5. The zero-order valence-electron chi connectivity index (χ0n) is 16.6. The largest absolute Gasteiger partial charge is 0.371 e. The van der Waals surface area contributed by atoms with Crippen LogP contribution in [0.1, 0.15) is 68.4 Å². The predicted octanol–water partition coefficient (Wildman–Crippen LogP) is 2.58. The van der Waals surface area contributed by atoms with E-state index in [1.54, 1.807) is 4.90 Å². The van der Waals surface area contributed by atoms with Gasteiger partial charge in [-0.05, 0) is 30.6 Å². The van der Waals surface area contributed by atoms with Crippen LogP contribution >= 0.6 is 0 Å². The molecule has 2 heterocycles. The van der Waals surface area contributed by atoms with Crippen molar-refractivity contribution in [2.24, 2.45) is 11.8 Å². The molecule has 2 aliphatic rings. The van der Waals surface area contributed by atoms with Crippen LogP contribution < -0.4 is 5.32 Å². The van der Waals surface area contributed by atoms with Gasteiger partial charge in [-0.25, -0.2) is 0 Å². The Morgan fingerprint density at radius 3 is 2.78 bits per heavy atom. The molecular weight excluding hydrogens is 346 g/mol. The smallest absolute Gasteiger partial charge is 0.259 e. The lowest BCUT2D eigenvalue weighted by atomic mass is 10.1. The highest BCUT2D eigenvalue weighted by molar-refractivity contribution is 5.95. The van der Waals surface area contributed by atoms with Crippen molar-refractivity contribution in [3.8, 4) is 0 Å². The third-order valence-corrected chi connectivity index (χ3v) is 5.68. The van der Waals surface area contributed by atoms with E-state index in [2.05, 4.69) is 17.4 Å². The second-order valence-corrected chi connectivity index (χ2v) is 8.30. The number of ether oxygens (including phenoxy) is 1. The van der Waals surface area contributed by atoms with Gasteiger partial charge in [0.1, 0.15) is 18.4 Å². The molecule has 27 heavy (non-hydrogen) atoms. The fraction of sp³-hybridized carbons (Fsp3) is 0.750. The van der Waals surface area contributed by atoms with E-state index in [0.29, 0.717) is 36.9 Å². The van der Waals surface area contributed by atoms with E-state index in [9.17, 15) is 9.59 Å². The minimum absolute atomic E-state index is 0.0566. The van der Waals surface area contributed by atoms with E-state index in [1.807, 2.05) is 13.8 Å². The molecule has 1 aromatic heterocycles. The van der Waals surface area contributed by atoms with Crippen LogP contribution in [0.5, 0.6) is 0 Å². The molecule has 2 amide bonds. The molecule has 0 aromatic carbocycles. The average Bonchev–Trinajstić information content (AvgIpc) is 3.36. The SMILES string of the molecule is CC(C)c1nocc1C(=O)N1CC(C)C(NC(=O)COCC2CCCC2)C1. The predicted molar refractivity (Wildman–Crippen MR) is 100 cm³/mol. The van der Waals surface area contributed by atoms with Gasteiger partial charge in [0.2, 0.25) is 5.91 Å². The number of hydrogen-bond donors (Lipinski definition) is 1. The van der Waals surface area contributed by atoms with Crippen LogP contribution in [0, 0.1) is 11.8 Å². The van der Waals surface area contributed by atoms with Crippen LogP contribution in [0.3, 0.4) is 0 Å². The van der Waals surface area contributed by atoms with Crippen molar-refractivity contribution in [3.63, 3.8) is 0 Å². The fourth-order valence-electron chi connectivity index (χ4n) is 4.06. The minimum atomic E-state index is -0.105. The van der Waals surface area contributed by atoms with Crippen LogP contribution in [-0.4, -0.2) is 54.2 Å². The van der Waals surface area contributed by atoms with Crippen molar-refractivity contribution in [2.45, 2.75) is 58.4 Å². The summed E-state index contributed by atoms with van der Waals surface area (Å²) in [6.45, 7) is 7.88. The number of carbonyl (C=O) groups is 2. The highest BCUT2D eigenvalue weighted by Gasteiger charge is 2.35. The summed E-state index contributed by atoms with van der Waals surface area (Å²) in [7, 11) is 0. The Kier molecular flexibility index (Phi) is 6.52. The first-order valence-corrected chi connectivity index (χ1v) is 10.1. The third-order valence-electron chi connectivity index (χ3n) is 5.68. The lowest BCUT2D eigenvalue weighted by Crippen LogP contribution is -2.42. The molecule has 0 spiro atoms. The molecule has 2 atom stereocenters. The van der Waals surface area contributed by atoms with Gasteiger partial charge in [-0.1, -0.05) is 38.8 Å². The second kappa shape index (κ2) is 8.87. The molecule has 1 aliphatic heterocycles. The quantitative estimate of drug-likeness (QED) is 0.789. The van der Waals surface area contributed by atoms with Gasteiger partial charge in [0, 0.05) is 13.1 Å². The summed E-state index contributed by atoms with van der Waals surface area (Å²) in [5.41, 5.74) is 1.20. The Balaban J connectivity index is 1.47. The van der Waals surface area contributed by atoms with Gasteiger partial charge in [-0.2, -0.15) is 0 Å². The number of nitrogens with one attached hydrogen (secondary N) is 1. The molecule has 0 bridgehead atoms. The van der Waals surface area contributed by atoms with Crippen LogP contribution in [-0.2, 0) is 9.53 Å². The van der Waals surface area contributed by atoms with Crippen molar-refractivity contribution in [3.05, 3.63) is 17.5 Å². The van der Waals surface area contributed by atoms with Crippen molar-refractivity contribution in [2.75, 3.05) is 26.3 Å². The lowest BCUT2D eigenvalue weighted by Gasteiger charge is -2.18. The molecule has 7 heteroatoms. The van der Waals surface area contributed by atoms with Crippen molar-refractivity contribution >= 4 is 11.8 Å². The first kappa shape index (κ1) is 19.9. The highest BCUT2D eigenvalue weighted by Crippen LogP contribution is 2.25. The Morgan fingerprint density at radius 2 is 2.07 bits per heavy atom. The maximum Gasteiger partial charge on any atom is 0.259 e. The van der Waals surface area contributed by atoms with E-state index in [1.165, 1.54) is 31.9 Å². The Labute approximate surface area is 160 Å². The average molecular weight is 377 g/mol. The standard InChI is InChI=1S/C20H31N3O4/c1-13(2)19-16(11-27-22-19)20(25)23-8-14(3)17(9-23)21-18(24)12-26-10-15-6-4-5-7-15/h11,13-15,17H,4-10,12H2,1-3H3,(H,21,24). The van der Waals surface area contributed by atoms with Crippen molar-refractivity contribution in [1.82, 2.24) is 15.4 Å². The molecular formula is C20H31N3O4. The zero-order chi connectivity index (χ0) is 19.4. The van der Waals surface area contributed by atoms with Crippen LogP contribution in [0.15, 0.2) is 10.8 Å². The molecule has 0 radical (unpaired) electrons. The monoisotopic (exact) mass is 377 g/mol. The number of likely N-dealkylation sites (tertiary alicyclic amines) is 1. The van der Waals surface area contributed by atoms with Crippen LogP contribution in [0.4, 0.5) is 0 Å². The molecule has 1 saturated heterocycles. The van der Waals surface area contributed by atoms with Gasteiger partial charge in [0.25, 0.3) is 5.91 Å². The molecule has 7 nitrogen and oxygen atoms in total. The Bertz CT molecular complexity index is 651. The van der Waals surface area contributed by atoms with Gasteiger partial charge in [0.05, 0.1) is 18.3 Å². The van der Waals surface area contributed by atoms with Gasteiger partial charge in [-0.3, -0.25) is 9.59 Å². The molecule has 1 N–H and O–H groups in total. The fourth-order valence-corrected chi connectivity index (χ4v) is 4.06. The lowest BCUT2D eigenvalue weighted by molar-refractivity contribution is -0.127. The highest BCUT2D eigenvalue weighted by atomic mass is 16.5. The first-order chi connectivity index (χ1) is 13.0. The molecule has 150 valence electrons. The summed E-state index contributed by atoms with van der Waals surface area (Å²) in [6.07, 6.45) is 6.38. The summed E-state index contributed by atoms with van der Waals surface area (Å²) in [4.78, 5) is 26.8. The number of rotatable bonds is 7. The normalized spacial score (nSPS) is 23.3. The topological polar surface area (TPSA) is 84.7 Å². The van der Waals surface area contributed by atoms with Crippen LogP contribution in [0.2, 0.25) is 0 Å². The molecule has 1 saturated carbocycles. The van der Waals surface area contributed by atoms with Gasteiger partial charge < -0.3 is 19.5 Å². The van der Waals surface area contributed by atoms with Crippen LogP contribution in [0.25, 0.3) is 0 Å². The molecule has 1 aromatic rings. The van der Waals surface area contributed by atoms with E-state index in [4.69, 9.17) is 9.26 Å². The van der Waals surface area contributed by atoms with E-state index in [0.717, 1.165) is 0 Å². The van der Waals surface area contributed by atoms with Gasteiger partial charge in [0.15, 0.2) is 0 Å². The number of nitrogens with zero attached hydrogens (tertiary/aromatic N) is 2. The summed E-state index contributed by atoms with van der Waals surface area (Å²) in [5, 5.41) is 6.98. The molecule has 2 unspecified atom stereocenters. The van der Waals surface area contributed by atoms with E-state index in [-0.39, 0.29) is 36.3 Å². The molecule has 1 aliphatic carbocycles. The third kappa shape index (κ3) is 4.89.